The molecule has 17 heavy (non-hydrogen) atoms. The molecule has 1 aliphatic rings. The van der Waals surface area contributed by atoms with Crippen LogP contribution in [0.3, 0.4) is 0 Å². The molecule has 1 nitrogen and oxygen atoms in total. The summed E-state index contributed by atoms with van der Waals surface area (Å²) in [5.74, 6) is 0. The van der Waals surface area contributed by atoms with Gasteiger partial charge in [-0.2, -0.15) is 11.3 Å². The van der Waals surface area contributed by atoms with Gasteiger partial charge >= 0.3 is 0 Å². The molecule has 0 saturated heterocycles. The highest BCUT2D eigenvalue weighted by atomic mass is 32.1. The summed E-state index contributed by atoms with van der Waals surface area (Å²) in [7, 11) is 2.07. The van der Waals surface area contributed by atoms with Gasteiger partial charge in [0, 0.05) is 11.5 Å². The summed E-state index contributed by atoms with van der Waals surface area (Å²) in [4.78, 5) is 0. The van der Waals surface area contributed by atoms with Crippen LogP contribution in [0.4, 0.5) is 0 Å². The molecule has 1 N–H and O–H groups in total. The predicted molar refractivity (Wildman–Crippen MR) is 73.5 cm³/mol. The second kappa shape index (κ2) is 4.28. The van der Waals surface area contributed by atoms with E-state index in [1.165, 1.54) is 24.0 Å². The van der Waals surface area contributed by atoms with E-state index in [0.29, 0.717) is 11.5 Å². The minimum Gasteiger partial charge on any atom is -0.312 e. The Morgan fingerprint density at radius 2 is 1.94 bits per heavy atom. The fourth-order valence-electron chi connectivity index (χ4n) is 2.85. The van der Waals surface area contributed by atoms with E-state index in [0.717, 1.165) is 0 Å². The predicted octanol–water partition coefficient (Wildman–Crippen LogP) is 3.74. The molecular weight excluding hydrogens is 226 g/mol. The van der Waals surface area contributed by atoms with Crippen molar-refractivity contribution in [3.63, 3.8) is 0 Å². The highest BCUT2D eigenvalue weighted by Crippen LogP contribution is 2.56. The van der Waals surface area contributed by atoms with Crippen molar-refractivity contribution < 1.29 is 0 Å². The minimum absolute atomic E-state index is 0.330. The zero-order valence-corrected chi connectivity index (χ0v) is 10.8. The molecule has 0 radical (unpaired) electrons. The molecule has 0 spiro atoms. The molecule has 88 valence electrons. The van der Waals surface area contributed by atoms with Crippen LogP contribution in [0.25, 0.3) is 0 Å². The van der Waals surface area contributed by atoms with Gasteiger partial charge in [0.05, 0.1) is 0 Å². The third-order valence-electron chi connectivity index (χ3n) is 3.86. The lowest BCUT2D eigenvalue weighted by Gasteiger charge is -2.26. The minimum atomic E-state index is 0.330. The van der Waals surface area contributed by atoms with Crippen LogP contribution in [-0.2, 0) is 5.41 Å². The fourth-order valence-corrected chi connectivity index (χ4v) is 3.54. The summed E-state index contributed by atoms with van der Waals surface area (Å²) < 4.78 is 0. The molecule has 1 unspecified atom stereocenters. The Bertz CT molecular complexity index is 471. The molecule has 1 aromatic carbocycles. The number of hydrogen-bond acceptors (Lipinski definition) is 2. The quantitative estimate of drug-likeness (QED) is 0.862. The van der Waals surface area contributed by atoms with Gasteiger partial charge in [0.25, 0.3) is 0 Å². The number of rotatable bonds is 4. The summed E-state index contributed by atoms with van der Waals surface area (Å²) in [5, 5.41) is 7.95. The summed E-state index contributed by atoms with van der Waals surface area (Å²) in [6, 6.07) is 13.6. The standard InChI is InChI=1S/C15H17NS/c1-16-14(12-7-10-17-11-12)15(8-9-15)13-5-3-2-4-6-13/h2-7,10-11,14,16H,8-9H2,1H3. The van der Waals surface area contributed by atoms with Gasteiger partial charge in [0.1, 0.15) is 0 Å². The summed E-state index contributed by atoms with van der Waals surface area (Å²) in [5.41, 5.74) is 3.24. The Balaban J connectivity index is 1.97. The number of thiophene rings is 1. The maximum Gasteiger partial charge on any atom is 0.0424 e. The van der Waals surface area contributed by atoms with Gasteiger partial charge in [-0.1, -0.05) is 30.3 Å². The van der Waals surface area contributed by atoms with Crippen molar-refractivity contribution in [1.29, 1.82) is 0 Å². The van der Waals surface area contributed by atoms with Crippen molar-refractivity contribution in [3.05, 3.63) is 58.3 Å². The molecule has 3 rings (SSSR count). The first kappa shape index (κ1) is 11.0. The Hall–Kier alpha value is -1.12. The lowest BCUT2D eigenvalue weighted by atomic mass is 9.85. The third kappa shape index (κ3) is 1.81. The van der Waals surface area contributed by atoms with Gasteiger partial charge < -0.3 is 5.32 Å². The van der Waals surface area contributed by atoms with E-state index < -0.39 is 0 Å². The average molecular weight is 243 g/mol. The van der Waals surface area contributed by atoms with Crippen molar-refractivity contribution in [2.45, 2.75) is 24.3 Å². The molecule has 1 saturated carbocycles. The SMILES string of the molecule is CNC(c1ccsc1)C1(c2ccccc2)CC1. The normalized spacial score (nSPS) is 18.9. The van der Waals surface area contributed by atoms with Gasteiger partial charge in [-0.3, -0.25) is 0 Å². The largest absolute Gasteiger partial charge is 0.312 e. The topological polar surface area (TPSA) is 12.0 Å². The average Bonchev–Trinajstić information content (AvgIpc) is 3.00. The van der Waals surface area contributed by atoms with E-state index in [-0.39, 0.29) is 0 Å². The molecule has 1 heterocycles. The van der Waals surface area contributed by atoms with Gasteiger partial charge in [-0.25, -0.2) is 0 Å². The van der Waals surface area contributed by atoms with Gasteiger partial charge in [-0.05, 0) is 47.8 Å². The molecule has 0 aliphatic heterocycles. The Kier molecular flexibility index (Phi) is 2.77. The summed E-state index contributed by atoms with van der Waals surface area (Å²) in [6.07, 6.45) is 2.58. The summed E-state index contributed by atoms with van der Waals surface area (Å²) in [6.45, 7) is 0. The maximum absolute atomic E-state index is 3.51. The zero-order chi connectivity index (χ0) is 11.7. The lowest BCUT2D eigenvalue weighted by molar-refractivity contribution is 0.464. The van der Waals surface area contributed by atoms with Gasteiger partial charge in [0.15, 0.2) is 0 Å². The second-order valence-electron chi connectivity index (χ2n) is 4.80. The van der Waals surface area contributed by atoms with E-state index in [9.17, 15) is 0 Å². The third-order valence-corrected chi connectivity index (χ3v) is 4.56. The molecule has 1 aromatic heterocycles. The Morgan fingerprint density at radius 3 is 2.47 bits per heavy atom. The Morgan fingerprint density at radius 1 is 1.18 bits per heavy atom. The van der Waals surface area contributed by atoms with Crippen molar-refractivity contribution in [2.75, 3.05) is 7.05 Å². The zero-order valence-electron chi connectivity index (χ0n) is 10.0. The van der Waals surface area contributed by atoms with Crippen molar-refractivity contribution in [3.8, 4) is 0 Å². The van der Waals surface area contributed by atoms with Crippen LogP contribution in [0.15, 0.2) is 47.2 Å². The number of nitrogens with one attached hydrogen (secondary N) is 1. The first-order valence-electron chi connectivity index (χ1n) is 6.12. The van der Waals surface area contributed by atoms with Crippen LogP contribution in [0, 0.1) is 0 Å². The van der Waals surface area contributed by atoms with Crippen LogP contribution in [0.5, 0.6) is 0 Å². The van der Waals surface area contributed by atoms with Gasteiger partial charge in [-0.15, -0.1) is 0 Å². The first-order chi connectivity index (χ1) is 8.37. The highest BCUT2D eigenvalue weighted by molar-refractivity contribution is 7.08. The smallest absolute Gasteiger partial charge is 0.0424 e. The molecular formula is C15H17NS. The van der Waals surface area contributed by atoms with Crippen LogP contribution >= 0.6 is 11.3 Å². The molecule has 2 heteroatoms. The number of likely N-dealkylation sites (N-methyl/N-ethyl adjacent to an activating group) is 1. The molecule has 1 aliphatic carbocycles. The molecule has 1 atom stereocenters. The van der Waals surface area contributed by atoms with E-state index in [1.807, 2.05) is 0 Å². The second-order valence-corrected chi connectivity index (χ2v) is 5.58. The summed E-state index contributed by atoms with van der Waals surface area (Å²) >= 11 is 1.78. The molecule has 1 fully saturated rings. The van der Waals surface area contributed by atoms with E-state index in [1.54, 1.807) is 11.3 Å². The highest BCUT2D eigenvalue weighted by Gasteiger charge is 2.50. The van der Waals surface area contributed by atoms with E-state index in [2.05, 4.69) is 59.5 Å². The van der Waals surface area contributed by atoms with Crippen LogP contribution in [0.2, 0.25) is 0 Å². The van der Waals surface area contributed by atoms with Crippen LogP contribution in [0.1, 0.15) is 30.0 Å². The van der Waals surface area contributed by atoms with E-state index >= 15 is 0 Å². The van der Waals surface area contributed by atoms with Crippen molar-refractivity contribution in [1.82, 2.24) is 5.32 Å². The Labute approximate surface area is 106 Å². The lowest BCUT2D eigenvalue weighted by Crippen LogP contribution is -2.29. The monoisotopic (exact) mass is 243 g/mol. The van der Waals surface area contributed by atoms with Gasteiger partial charge in [0.2, 0.25) is 0 Å². The van der Waals surface area contributed by atoms with Crippen LogP contribution in [-0.4, -0.2) is 7.05 Å². The molecule has 0 amide bonds. The van der Waals surface area contributed by atoms with Crippen molar-refractivity contribution >= 4 is 11.3 Å². The van der Waals surface area contributed by atoms with Crippen LogP contribution < -0.4 is 5.32 Å². The first-order valence-corrected chi connectivity index (χ1v) is 7.06. The molecule has 2 aromatic rings. The maximum atomic E-state index is 3.51. The number of benzene rings is 1. The fraction of sp³-hybridized carbons (Fsp3) is 0.333. The van der Waals surface area contributed by atoms with E-state index in [4.69, 9.17) is 0 Å². The van der Waals surface area contributed by atoms with Crippen molar-refractivity contribution in [2.24, 2.45) is 0 Å². The number of hydrogen-bond donors (Lipinski definition) is 1. The molecule has 0 bridgehead atoms.